The van der Waals surface area contributed by atoms with E-state index in [2.05, 4.69) is 9.73 Å². The number of ether oxygens (including phenoxy) is 1. The van der Waals surface area contributed by atoms with Crippen molar-refractivity contribution >= 4 is 46.0 Å². The summed E-state index contributed by atoms with van der Waals surface area (Å²) in [5, 5.41) is 1.27. The van der Waals surface area contributed by atoms with Crippen LogP contribution in [-0.4, -0.2) is 29.4 Å². The molecular weight excluding hydrogens is 495 g/mol. The van der Waals surface area contributed by atoms with E-state index in [1.807, 2.05) is 66.5 Å². The maximum atomic E-state index is 13.6. The lowest BCUT2D eigenvalue weighted by Crippen LogP contribution is -2.29. The molecule has 0 N–H and O–H groups in total. The van der Waals surface area contributed by atoms with Crippen molar-refractivity contribution in [2.45, 2.75) is 17.8 Å². The number of carbonyl (C=O) groups excluding carboxylic acids is 1. The molecule has 0 aromatic heterocycles. The molecule has 0 spiro atoms. The molecule has 2 heterocycles. The van der Waals surface area contributed by atoms with Gasteiger partial charge in [-0.1, -0.05) is 54.2 Å². The van der Waals surface area contributed by atoms with Crippen LogP contribution in [0.15, 0.2) is 98.7 Å². The zero-order valence-electron chi connectivity index (χ0n) is 18.3. The maximum Gasteiger partial charge on any atom is 0.573 e. The lowest BCUT2D eigenvalue weighted by Gasteiger charge is -2.17. The number of thioether (sulfide) groups is 2. The molecule has 0 bridgehead atoms. The van der Waals surface area contributed by atoms with Crippen molar-refractivity contribution < 1.29 is 22.7 Å². The van der Waals surface area contributed by atoms with Gasteiger partial charge in [0.05, 0.1) is 22.9 Å². The molecule has 10 heteroatoms. The largest absolute Gasteiger partial charge is 0.573 e. The van der Waals surface area contributed by atoms with Gasteiger partial charge in [0.2, 0.25) is 0 Å². The molecule has 0 unspecified atom stereocenters. The highest BCUT2D eigenvalue weighted by atomic mass is 32.2. The predicted octanol–water partition coefficient (Wildman–Crippen LogP) is 6.76. The van der Waals surface area contributed by atoms with Gasteiger partial charge in [0.1, 0.15) is 10.7 Å². The van der Waals surface area contributed by atoms with E-state index in [9.17, 15) is 18.0 Å². The number of rotatable bonds is 4. The van der Waals surface area contributed by atoms with E-state index in [-0.39, 0.29) is 11.7 Å². The van der Waals surface area contributed by atoms with Crippen LogP contribution in [0.25, 0.3) is 0 Å². The molecule has 5 nitrogen and oxygen atoms in total. The van der Waals surface area contributed by atoms with E-state index < -0.39 is 6.36 Å². The quantitative estimate of drug-likeness (QED) is 0.361. The van der Waals surface area contributed by atoms with E-state index in [4.69, 9.17) is 0 Å². The Morgan fingerprint density at radius 1 is 0.914 bits per heavy atom. The van der Waals surface area contributed by atoms with Crippen molar-refractivity contribution in [3.8, 4) is 5.75 Å². The highest BCUT2D eigenvalue weighted by Crippen LogP contribution is 2.50. The fraction of sp³-hybridized carbons (Fsp3) is 0.120. The number of aliphatic imine (C=N–C) groups is 1. The normalized spacial score (nSPS) is 19.0. The lowest BCUT2D eigenvalue weighted by molar-refractivity contribution is -0.274. The van der Waals surface area contributed by atoms with Gasteiger partial charge in [-0.05, 0) is 53.7 Å². The molecule has 3 aromatic carbocycles. The molecule has 35 heavy (non-hydrogen) atoms. The van der Waals surface area contributed by atoms with Crippen molar-refractivity contribution in [3.63, 3.8) is 0 Å². The summed E-state index contributed by atoms with van der Waals surface area (Å²) in [6.07, 6.45) is -4.77. The second-order valence-corrected chi connectivity index (χ2v) is 9.69. The Hall–Kier alpha value is -3.37. The van der Waals surface area contributed by atoms with Crippen LogP contribution in [-0.2, 0) is 11.3 Å². The number of amides is 1. The van der Waals surface area contributed by atoms with Crippen molar-refractivity contribution in [3.05, 3.63) is 94.4 Å². The molecule has 5 rings (SSSR count). The van der Waals surface area contributed by atoms with Crippen LogP contribution < -0.4 is 9.64 Å². The van der Waals surface area contributed by atoms with Crippen molar-refractivity contribution in [1.82, 2.24) is 4.90 Å². The van der Waals surface area contributed by atoms with Gasteiger partial charge in [0.25, 0.3) is 5.91 Å². The zero-order chi connectivity index (χ0) is 24.6. The predicted molar refractivity (Wildman–Crippen MR) is 133 cm³/mol. The van der Waals surface area contributed by atoms with Gasteiger partial charge in [0, 0.05) is 11.9 Å². The second-order valence-electron chi connectivity index (χ2n) is 7.68. The monoisotopic (exact) mass is 513 g/mol. The van der Waals surface area contributed by atoms with Crippen LogP contribution in [0, 0.1) is 0 Å². The van der Waals surface area contributed by atoms with Crippen molar-refractivity contribution in [1.29, 1.82) is 0 Å². The van der Waals surface area contributed by atoms with Gasteiger partial charge >= 0.3 is 6.36 Å². The molecule has 1 saturated heterocycles. The van der Waals surface area contributed by atoms with Crippen LogP contribution >= 0.6 is 23.5 Å². The first kappa shape index (κ1) is 23.4. The Morgan fingerprint density at radius 3 is 2.29 bits per heavy atom. The molecule has 2 aliphatic rings. The first-order valence-electron chi connectivity index (χ1n) is 10.5. The fourth-order valence-electron chi connectivity index (χ4n) is 3.66. The number of amidine groups is 1. The molecule has 0 saturated carbocycles. The number of anilines is 1. The average Bonchev–Trinajstić information content (AvgIpc) is 3.32. The van der Waals surface area contributed by atoms with Crippen LogP contribution in [0.3, 0.4) is 0 Å². The first-order chi connectivity index (χ1) is 16.8. The minimum absolute atomic E-state index is 0.170. The number of para-hydroxylation sites is 1. The number of halogens is 3. The summed E-state index contributed by atoms with van der Waals surface area (Å²) in [6.45, 7) is 0.318. The number of carbonyl (C=O) groups is 1. The zero-order valence-corrected chi connectivity index (χ0v) is 20.0. The topological polar surface area (TPSA) is 45.1 Å². The molecule has 0 atom stereocenters. The maximum absolute atomic E-state index is 13.6. The Balaban J connectivity index is 1.49. The third-order valence-corrected chi connectivity index (χ3v) is 7.71. The number of alkyl halides is 3. The lowest BCUT2D eigenvalue weighted by atomic mass is 10.2. The Labute approximate surface area is 208 Å². The summed E-state index contributed by atoms with van der Waals surface area (Å²) >= 11 is 2.79. The van der Waals surface area contributed by atoms with Crippen LogP contribution in [0.2, 0.25) is 0 Å². The van der Waals surface area contributed by atoms with Gasteiger partial charge in [-0.25, -0.2) is 4.99 Å². The minimum Gasteiger partial charge on any atom is -0.406 e. The highest BCUT2D eigenvalue weighted by Gasteiger charge is 2.39. The minimum atomic E-state index is -4.77. The molecule has 0 radical (unpaired) electrons. The molecule has 1 fully saturated rings. The number of benzene rings is 3. The van der Waals surface area contributed by atoms with Crippen molar-refractivity contribution in [2.75, 3.05) is 11.9 Å². The van der Waals surface area contributed by atoms with E-state index in [1.54, 1.807) is 4.90 Å². The van der Waals surface area contributed by atoms with E-state index in [0.717, 1.165) is 21.2 Å². The van der Waals surface area contributed by atoms with Gasteiger partial charge < -0.3 is 9.64 Å². The summed E-state index contributed by atoms with van der Waals surface area (Å²) in [6, 6.07) is 22.7. The van der Waals surface area contributed by atoms with Crippen LogP contribution in [0.1, 0.15) is 5.56 Å². The van der Waals surface area contributed by atoms with E-state index in [1.165, 1.54) is 47.8 Å². The smallest absolute Gasteiger partial charge is 0.406 e. The molecule has 3 aromatic rings. The van der Waals surface area contributed by atoms with E-state index >= 15 is 0 Å². The molecular formula is C25H18F3N3O2S2. The second kappa shape index (κ2) is 9.35. The van der Waals surface area contributed by atoms with Crippen molar-refractivity contribution in [2.24, 2.45) is 4.99 Å². The van der Waals surface area contributed by atoms with Crippen LogP contribution in [0.5, 0.6) is 5.75 Å². The molecule has 178 valence electrons. The van der Waals surface area contributed by atoms with Gasteiger partial charge in [-0.2, -0.15) is 0 Å². The van der Waals surface area contributed by atoms with Gasteiger partial charge in [-0.15, -0.1) is 13.2 Å². The summed E-state index contributed by atoms with van der Waals surface area (Å²) in [5.41, 5.74) is 2.37. The Kier molecular flexibility index (Phi) is 6.24. The molecule has 1 amide bonds. The number of hydrogen-bond donors (Lipinski definition) is 0. The Morgan fingerprint density at radius 2 is 1.60 bits per heavy atom. The molecule has 2 aliphatic heterocycles. The summed E-state index contributed by atoms with van der Waals surface area (Å²) < 4.78 is 41.4. The summed E-state index contributed by atoms with van der Waals surface area (Å²) in [5.74, 6) is -0.501. The van der Waals surface area contributed by atoms with E-state index in [0.29, 0.717) is 22.3 Å². The SMILES string of the molecule is CN1/C(=C2\SC(=Nc3ccc(OC(F)(F)F)cc3)N(Cc3ccccc3)C2=O)Sc2ccccc21. The average molecular weight is 514 g/mol. The Bertz CT molecular complexity index is 1330. The molecule has 0 aliphatic carbocycles. The van der Waals surface area contributed by atoms with Gasteiger partial charge in [-0.3, -0.25) is 9.69 Å². The third kappa shape index (κ3) is 5.03. The van der Waals surface area contributed by atoms with Crippen LogP contribution in [0.4, 0.5) is 24.5 Å². The standard InChI is InChI=1S/C25H18F3N3O2S2/c1-30-19-9-5-6-10-20(19)34-23(30)21-22(32)31(15-16-7-3-2-4-8-16)24(35-21)29-17-11-13-18(14-12-17)33-25(26,27)28/h2-14H,15H2,1H3/b23-21+,29-24?. The summed E-state index contributed by atoms with van der Waals surface area (Å²) in [7, 11) is 1.92. The highest BCUT2D eigenvalue weighted by molar-refractivity contribution is 8.19. The first-order valence-corrected chi connectivity index (χ1v) is 12.1. The fourth-order valence-corrected chi connectivity index (χ4v) is 6.00. The van der Waals surface area contributed by atoms with Gasteiger partial charge in [0.15, 0.2) is 5.17 Å². The number of hydrogen-bond acceptors (Lipinski definition) is 6. The third-order valence-electron chi connectivity index (χ3n) is 5.27. The summed E-state index contributed by atoms with van der Waals surface area (Å²) in [4.78, 5) is 23.4. The number of fused-ring (bicyclic) bond motifs is 1. The number of nitrogens with zero attached hydrogens (tertiary/aromatic N) is 3.